The number of rotatable bonds is 3. The maximum Gasteiger partial charge on any atom is 0.269 e. The van der Waals surface area contributed by atoms with Gasteiger partial charge in [-0.05, 0) is 30.3 Å². The highest BCUT2D eigenvalue weighted by Gasteiger charge is 2.10. The molecule has 0 unspecified atom stereocenters. The van der Waals surface area contributed by atoms with Gasteiger partial charge in [-0.2, -0.15) is 5.26 Å². The predicted octanol–water partition coefficient (Wildman–Crippen LogP) is 2.56. The molecule has 24 heavy (non-hydrogen) atoms. The van der Waals surface area contributed by atoms with Crippen LogP contribution in [-0.4, -0.2) is 15.5 Å². The van der Waals surface area contributed by atoms with E-state index < -0.39 is 0 Å². The Bertz CT molecular complexity index is 1040. The van der Waals surface area contributed by atoms with E-state index in [4.69, 9.17) is 16.9 Å². The molecule has 0 saturated carbocycles. The van der Waals surface area contributed by atoms with E-state index in [2.05, 4.69) is 10.3 Å². The molecule has 0 saturated heterocycles. The molecule has 0 aliphatic heterocycles. The molecule has 3 aromatic rings. The van der Waals surface area contributed by atoms with Crippen LogP contribution in [0.4, 0.5) is 5.69 Å². The van der Waals surface area contributed by atoms with Gasteiger partial charge in [-0.1, -0.05) is 23.7 Å². The number of carbonyl (C=O) groups excluding carboxylic acids is 1. The van der Waals surface area contributed by atoms with Crippen molar-refractivity contribution in [2.75, 3.05) is 5.32 Å². The van der Waals surface area contributed by atoms with Gasteiger partial charge in [-0.15, -0.1) is 0 Å². The quantitative estimate of drug-likeness (QED) is 0.795. The molecule has 3 rings (SSSR count). The Kier molecular flexibility index (Phi) is 4.27. The number of nitrogens with one attached hydrogen (secondary N) is 1. The zero-order valence-corrected chi connectivity index (χ0v) is 13.1. The third-order valence-corrected chi connectivity index (χ3v) is 3.74. The highest BCUT2D eigenvalue weighted by Crippen LogP contribution is 2.20. The summed E-state index contributed by atoms with van der Waals surface area (Å²) in [4.78, 5) is 28.3. The molecule has 0 aliphatic carbocycles. The van der Waals surface area contributed by atoms with Gasteiger partial charge in [0.1, 0.15) is 12.6 Å². The molecule has 0 radical (unpaired) electrons. The van der Waals surface area contributed by atoms with Gasteiger partial charge in [-0.3, -0.25) is 14.2 Å². The number of anilines is 1. The predicted molar refractivity (Wildman–Crippen MR) is 90.8 cm³/mol. The highest BCUT2D eigenvalue weighted by molar-refractivity contribution is 6.32. The molecular formula is C17H11ClN4O2. The van der Waals surface area contributed by atoms with E-state index in [9.17, 15) is 9.59 Å². The van der Waals surface area contributed by atoms with Crippen molar-refractivity contribution < 1.29 is 4.79 Å². The van der Waals surface area contributed by atoms with Crippen molar-refractivity contribution in [1.82, 2.24) is 9.55 Å². The number of carbonyl (C=O) groups is 1. The van der Waals surface area contributed by atoms with Crippen LogP contribution >= 0.6 is 11.6 Å². The van der Waals surface area contributed by atoms with Gasteiger partial charge in [-0.25, -0.2) is 4.98 Å². The first kappa shape index (κ1) is 15.7. The second-order valence-electron chi connectivity index (χ2n) is 5.03. The lowest BCUT2D eigenvalue weighted by Crippen LogP contribution is -2.27. The largest absolute Gasteiger partial charge is 0.324 e. The molecule has 1 heterocycles. The van der Waals surface area contributed by atoms with E-state index in [0.29, 0.717) is 22.3 Å². The van der Waals surface area contributed by atoms with Crippen LogP contribution in [0.5, 0.6) is 0 Å². The van der Waals surface area contributed by atoms with Crippen LogP contribution in [-0.2, 0) is 11.3 Å². The Morgan fingerprint density at radius 3 is 2.83 bits per heavy atom. The number of amides is 1. The van der Waals surface area contributed by atoms with Crippen LogP contribution < -0.4 is 10.9 Å². The number of aromatic nitrogens is 2. The molecule has 0 fully saturated rings. The van der Waals surface area contributed by atoms with Crippen molar-refractivity contribution >= 4 is 34.2 Å². The summed E-state index contributed by atoms with van der Waals surface area (Å²) in [7, 11) is 0. The normalized spacial score (nSPS) is 10.3. The minimum atomic E-state index is -0.380. The zero-order valence-electron chi connectivity index (χ0n) is 12.4. The van der Waals surface area contributed by atoms with E-state index in [1.54, 1.807) is 24.3 Å². The lowest BCUT2D eigenvalue weighted by Gasteiger charge is -2.10. The van der Waals surface area contributed by atoms with Crippen LogP contribution in [0.3, 0.4) is 0 Å². The van der Waals surface area contributed by atoms with E-state index in [-0.39, 0.29) is 23.0 Å². The zero-order chi connectivity index (χ0) is 17.1. The fourth-order valence-electron chi connectivity index (χ4n) is 2.31. The Balaban J connectivity index is 1.86. The van der Waals surface area contributed by atoms with Crippen molar-refractivity contribution in [3.63, 3.8) is 0 Å². The van der Waals surface area contributed by atoms with E-state index in [0.717, 1.165) is 0 Å². The van der Waals surface area contributed by atoms with Gasteiger partial charge < -0.3 is 5.32 Å². The van der Waals surface area contributed by atoms with E-state index >= 15 is 0 Å². The molecule has 0 bridgehead atoms. The summed E-state index contributed by atoms with van der Waals surface area (Å²) in [6.45, 7) is -0.153. The van der Waals surface area contributed by atoms with Gasteiger partial charge in [0.2, 0.25) is 5.91 Å². The molecule has 6 nitrogen and oxygen atoms in total. The van der Waals surface area contributed by atoms with Crippen molar-refractivity contribution in [1.29, 1.82) is 5.26 Å². The molecule has 2 aromatic carbocycles. The first-order valence-corrected chi connectivity index (χ1v) is 7.40. The average Bonchev–Trinajstić information content (AvgIpc) is 2.58. The van der Waals surface area contributed by atoms with Crippen molar-refractivity contribution in [3.8, 4) is 6.07 Å². The summed E-state index contributed by atoms with van der Waals surface area (Å²) in [5, 5.41) is 11.8. The number of hydrogen-bond donors (Lipinski definition) is 1. The SMILES string of the molecule is N#Cc1ccc(NC(=O)Cn2c(=O)cnc3ccccc32)cc1Cl. The minimum absolute atomic E-state index is 0.153. The molecule has 0 aliphatic rings. The Morgan fingerprint density at radius 2 is 2.08 bits per heavy atom. The average molecular weight is 339 g/mol. The fourth-order valence-corrected chi connectivity index (χ4v) is 2.53. The van der Waals surface area contributed by atoms with Gasteiger partial charge in [0.15, 0.2) is 0 Å². The second-order valence-corrected chi connectivity index (χ2v) is 5.43. The Labute approximate surface area is 141 Å². The van der Waals surface area contributed by atoms with Crippen LogP contribution in [0.2, 0.25) is 5.02 Å². The molecule has 0 spiro atoms. The summed E-state index contributed by atoms with van der Waals surface area (Å²) in [5.41, 5.74) is 1.63. The van der Waals surface area contributed by atoms with E-state index in [1.807, 2.05) is 12.1 Å². The first-order chi connectivity index (χ1) is 11.6. The maximum atomic E-state index is 12.2. The number of fused-ring (bicyclic) bond motifs is 1. The highest BCUT2D eigenvalue weighted by atomic mass is 35.5. The maximum absolute atomic E-state index is 12.2. The topological polar surface area (TPSA) is 87.8 Å². The summed E-state index contributed by atoms with van der Waals surface area (Å²) < 4.78 is 1.35. The monoisotopic (exact) mass is 338 g/mol. The molecule has 1 amide bonds. The van der Waals surface area contributed by atoms with Gasteiger partial charge in [0.25, 0.3) is 5.56 Å². The Morgan fingerprint density at radius 1 is 1.29 bits per heavy atom. The van der Waals surface area contributed by atoms with Crippen LogP contribution in [0.1, 0.15) is 5.56 Å². The fraction of sp³-hybridized carbons (Fsp3) is 0.0588. The van der Waals surface area contributed by atoms with Crippen molar-refractivity contribution in [2.45, 2.75) is 6.54 Å². The molecular weight excluding hydrogens is 328 g/mol. The molecule has 7 heteroatoms. The number of para-hydroxylation sites is 2. The number of benzene rings is 2. The first-order valence-electron chi connectivity index (χ1n) is 7.02. The van der Waals surface area contributed by atoms with Crippen molar-refractivity contribution in [3.05, 3.63) is 69.6 Å². The van der Waals surface area contributed by atoms with Crippen molar-refractivity contribution in [2.24, 2.45) is 0 Å². The number of nitrogens with zero attached hydrogens (tertiary/aromatic N) is 3. The molecule has 1 aromatic heterocycles. The molecule has 1 N–H and O–H groups in total. The minimum Gasteiger partial charge on any atom is -0.324 e. The number of hydrogen-bond acceptors (Lipinski definition) is 4. The summed E-state index contributed by atoms with van der Waals surface area (Å²) in [6.07, 6.45) is 1.19. The van der Waals surface area contributed by atoms with Gasteiger partial charge in [0, 0.05) is 5.69 Å². The second kappa shape index (κ2) is 6.52. The summed E-state index contributed by atoms with van der Waals surface area (Å²) in [6, 6.07) is 13.6. The molecule has 118 valence electrons. The van der Waals surface area contributed by atoms with Crippen LogP contribution in [0.25, 0.3) is 11.0 Å². The summed E-state index contributed by atoms with van der Waals surface area (Å²) >= 11 is 5.94. The van der Waals surface area contributed by atoms with E-state index in [1.165, 1.54) is 22.9 Å². The molecule has 0 atom stereocenters. The lowest BCUT2D eigenvalue weighted by molar-refractivity contribution is -0.116. The number of halogens is 1. The third kappa shape index (κ3) is 3.12. The van der Waals surface area contributed by atoms with Crippen LogP contribution in [0.15, 0.2) is 53.5 Å². The Hall–Kier alpha value is -3.17. The standard InChI is InChI=1S/C17H11ClN4O2/c18-13-7-12(6-5-11(13)8-19)21-16(23)10-22-15-4-2-1-3-14(15)20-9-17(22)24/h1-7,9H,10H2,(H,21,23). The number of nitriles is 1. The van der Waals surface area contributed by atoms with Gasteiger partial charge in [0.05, 0.1) is 27.8 Å². The third-order valence-electron chi connectivity index (χ3n) is 3.43. The van der Waals surface area contributed by atoms with Gasteiger partial charge >= 0.3 is 0 Å². The lowest BCUT2D eigenvalue weighted by atomic mass is 10.2. The smallest absolute Gasteiger partial charge is 0.269 e. The van der Waals surface area contributed by atoms with Crippen LogP contribution in [0, 0.1) is 11.3 Å². The summed E-state index contributed by atoms with van der Waals surface area (Å²) in [5.74, 6) is -0.380.